The van der Waals surface area contributed by atoms with Gasteiger partial charge in [-0.25, -0.2) is 13.6 Å². The van der Waals surface area contributed by atoms with Crippen LogP contribution in [0.3, 0.4) is 0 Å². The van der Waals surface area contributed by atoms with Crippen LogP contribution in [0.1, 0.15) is 5.56 Å². The van der Waals surface area contributed by atoms with Crippen molar-refractivity contribution in [2.75, 3.05) is 20.2 Å². The van der Waals surface area contributed by atoms with Gasteiger partial charge in [0.15, 0.2) is 5.96 Å². The summed E-state index contributed by atoms with van der Waals surface area (Å²) in [4.78, 5) is 4.22. The molecule has 2 aromatic rings. The van der Waals surface area contributed by atoms with E-state index in [4.69, 9.17) is 9.88 Å². The predicted molar refractivity (Wildman–Crippen MR) is 113 cm³/mol. The van der Waals surface area contributed by atoms with Crippen LogP contribution in [0.15, 0.2) is 64.5 Å². The summed E-state index contributed by atoms with van der Waals surface area (Å²) in [6, 6.07) is 16.0. The van der Waals surface area contributed by atoms with Crippen LogP contribution in [-0.4, -0.2) is 34.6 Å². The Labute approximate surface area is 171 Å². The zero-order valence-electron chi connectivity index (χ0n) is 14.4. The molecule has 0 radical (unpaired) electrons. The highest BCUT2D eigenvalue weighted by Crippen LogP contribution is 2.09. The molecule has 0 spiro atoms. The lowest BCUT2D eigenvalue weighted by Crippen LogP contribution is -2.38. The lowest BCUT2D eigenvalue weighted by atomic mass is 10.2. The summed E-state index contributed by atoms with van der Waals surface area (Å²) >= 11 is 0. The minimum Gasteiger partial charge on any atom is -0.492 e. The second-order valence-electron chi connectivity index (χ2n) is 5.20. The molecule has 0 aromatic heterocycles. The molecule has 0 aliphatic heterocycles. The molecule has 0 fully saturated rings. The third-order valence-corrected chi connectivity index (χ3v) is 4.27. The van der Waals surface area contributed by atoms with Gasteiger partial charge in [-0.2, -0.15) is 0 Å². The number of hydrogen-bond donors (Lipinski definition) is 3. The number of aliphatic imine (C=N–C) groups is 1. The smallest absolute Gasteiger partial charge is 0.238 e. The van der Waals surface area contributed by atoms with E-state index < -0.39 is 10.0 Å². The molecule has 9 heteroatoms. The van der Waals surface area contributed by atoms with Crippen molar-refractivity contribution in [3.8, 4) is 5.75 Å². The van der Waals surface area contributed by atoms with Crippen LogP contribution in [0.25, 0.3) is 0 Å². The molecule has 0 saturated heterocycles. The fourth-order valence-corrected chi connectivity index (χ4v) is 2.57. The van der Waals surface area contributed by atoms with E-state index >= 15 is 0 Å². The fourth-order valence-electron chi connectivity index (χ4n) is 2.06. The summed E-state index contributed by atoms with van der Waals surface area (Å²) in [5.41, 5.74) is 0.913. The lowest BCUT2D eigenvalue weighted by Gasteiger charge is -2.12. The van der Waals surface area contributed by atoms with Gasteiger partial charge in [0.25, 0.3) is 0 Å². The summed E-state index contributed by atoms with van der Waals surface area (Å²) in [7, 11) is -1.99. The maximum atomic E-state index is 11.2. The highest BCUT2D eigenvalue weighted by Gasteiger charge is 2.06. The summed E-state index contributed by atoms with van der Waals surface area (Å²) in [6.45, 7) is 1.61. The van der Waals surface area contributed by atoms with E-state index in [2.05, 4.69) is 15.6 Å². The molecular formula is C17H23IN4O3S. The third-order valence-electron chi connectivity index (χ3n) is 3.34. The Bertz CT molecular complexity index is 797. The van der Waals surface area contributed by atoms with Gasteiger partial charge in [0.2, 0.25) is 10.0 Å². The van der Waals surface area contributed by atoms with E-state index in [1.165, 1.54) is 12.1 Å². The molecule has 0 amide bonds. The third kappa shape index (κ3) is 7.58. The molecule has 0 heterocycles. The monoisotopic (exact) mass is 490 g/mol. The first-order valence-corrected chi connectivity index (χ1v) is 9.28. The van der Waals surface area contributed by atoms with Crippen LogP contribution in [0.4, 0.5) is 0 Å². The van der Waals surface area contributed by atoms with Crippen molar-refractivity contribution in [3.05, 3.63) is 60.2 Å². The molecule has 0 atom stereocenters. The van der Waals surface area contributed by atoms with Crippen LogP contribution < -0.4 is 20.5 Å². The van der Waals surface area contributed by atoms with Gasteiger partial charge < -0.3 is 15.4 Å². The number of rotatable bonds is 7. The van der Waals surface area contributed by atoms with Crippen LogP contribution in [0.2, 0.25) is 0 Å². The lowest BCUT2D eigenvalue weighted by molar-refractivity contribution is 0.322. The van der Waals surface area contributed by atoms with Crippen LogP contribution in [0, 0.1) is 0 Å². The molecule has 0 aliphatic carbocycles. The average molecular weight is 490 g/mol. The first kappa shape index (κ1) is 22.2. The van der Waals surface area contributed by atoms with Gasteiger partial charge in [-0.1, -0.05) is 30.3 Å². The fraction of sp³-hybridized carbons (Fsp3) is 0.235. The first-order valence-electron chi connectivity index (χ1n) is 7.73. The second kappa shape index (κ2) is 11.0. The molecule has 26 heavy (non-hydrogen) atoms. The molecule has 142 valence electrons. The maximum absolute atomic E-state index is 11.2. The van der Waals surface area contributed by atoms with E-state index in [0.29, 0.717) is 25.7 Å². The number of hydrogen-bond acceptors (Lipinski definition) is 4. The number of nitrogens with two attached hydrogens (primary N) is 1. The summed E-state index contributed by atoms with van der Waals surface area (Å²) < 4.78 is 28.0. The number of para-hydroxylation sites is 1. The molecule has 0 aliphatic rings. The van der Waals surface area contributed by atoms with E-state index in [9.17, 15) is 8.42 Å². The Morgan fingerprint density at radius 2 is 1.73 bits per heavy atom. The number of nitrogens with one attached hydrogen (secondary N) is 2. The number of primary sulfonamides is 1. The van der Waals surface area contributed by atoms with Crippen molar-refractivity contribution >= 4 is 40.0 Å². The Kier molecular flexibility index (Phi) is 9.38. The Hall–Kier alpha value is -1.85. The van der Waals surface area contributed by atoms with Gasteiger partial charge in [-0.3, -0.25) is 4.99 Å². The Morgan fingerprint density at radius 1 is 1.08 bits per heavy atom. The number of benzene rings is 2. The Balaban J connectivity index is 0.00000338. The highest BCUT2D eigenvalue weighted by atomic mass is 127. The normalized spacial score (nSPS) is 11.4. The van der Waals surface area contributed by atoms with Gasteiger partial charge >= 0.3 is 0 Å². The van der Waals surface area contributed by atoms with Crippen LogP contribution in [0.5, 0.6) is 5.75 Å². The largest absolute Gasteiger partial charge is 0.492 e. The summed E-state index contributed by atoms with van der Waals surface area (Å²) in [5.74, 6) is 1.45. The predicted octanol–water partition coefficient (Wildman–Crippen LogP) is 1.70. The van der Waals surface area contributed by atoms with Crippen molar-refractivity contribution in [3.63, 3.8) is 0 Å². The van der Waals surface area contributed by atoms with E-state index in [0.717, 1.165) is 11.3 Å². The van der Waals surface area contributed by atoms with Crippen LogP contribution >= 0.6 is 24.0 Å². The zero-order chi connectivity index (χ0) is 18.1. The summed E-state index contributed by atoms with van der Waals surface area (Å²) in [6.07, 6.45) is 0. The Morgan fingerprint density at radius 3 is 2.31 bits per heavy atom. The minimum absolute atomic E-state index is 0. The average Bonchev–Trinajstić information content (AvgIpc) is 2.61. The molecule has 2 rings (SSSR count). The standard InChI is InChI=1S/C17H22N4O3S.HI/c1-19-17(20-11-12-24-15-5-3-2-4-6-15)21-13-14-7-9-16(10-8-14)25(18,22)23;/h2-10H,11-13H2,1H3,(H2,18,22,23)(H2,19,20,21);1H. The molecule has 0 saturated carbocycles. The molecule has 7 nitrogen and oxygen atoms in total. The van der Waals surface area contributed by atoms with Crippen molar-refractivity contribution in [2.45, 2.75) is 11.4 Å². The van der Waals surface area contributed by atoms with Gasteiger partial charge in [0, 0.05) is 13.6 Å². The van der Waals surface area contributed by atoms with Gasteiger partial charge in [-0.05, 0) is 29.8 Å². The molecular weight excluding hydrogens is 467 g/mol. The molecule has 0 bridgehead atoms. The zero-order valence-corrected chi connectivity index (χ0v) is 17.5. The van der Waals surface area contributed by atoms with Crippen molar-refractivity contribution in [1.29, 1.82) is 0 Å². The number of guanidine groups is 1. The van der Waals surface area contributed by atoms with Crippen molar-refractivity contribution in [1.82, 2.24) is 10.6 Å². The summed E-state index contributed by atoms with van der Waals surface area (Å²) in [5, 5.41) is 11.4. The highest BCUT2D eigenvalue weighted by molar-refractivity contribution is 14.0. The van der Waals surface area contributed by atoms with E-state index in [1.807, 2.05) is 30.3 Å². The number of nitrogens with zero attached hydrogens (tertiary/aromatic N) is 1. The molecule has 0 unspecified atom stereocenters. The van der Waals surface area contributed by atoms with Gasteiger partial charge in [0.1, 0.15) is 12.4 Å². The first-order chi connectivity index (χ1) is 12.0. The van der Waals surface area contributed by atoms with E-state index in [1.54, 1.807) is 19.2 Å². The van der Waals surface area contributed by atoms with E-state index in [-0.39, 0.29) is 28.9 Å². The van der Waals surface area contributed by atoms with Crippen molar-refractivity contribution < 1.29 is 13.2 Å². The van der Waals surface area contributed by atoms with Crippen molar-refractivity contribution in [2.24, 2.45) is 10.1 Å². The number of ether oxygens (including phenoxy) is 1. The minimum atomic E-state index is -3.66. The van der Waals surface area contributed by atoms with Gasteiger partial charge in [0.05, 0.1) is 11.4 Å². The topological polar surface area (TPSA) is 106 Å². The number of halogens is 1. The molecule has 2 aromatic carbocycles. The maximum Gasteiger partial charge on any atom is 0.238 e. The van der Waals surface area contributed by atoms with Crippen LogP contribution in [-0.2, 0) is 16.6 Å². The second-order valence-corrected chi connectivity index (χ2v) is 6.76. The number of sulfonamides is 1. The molecule has 4 N–H and O–H groups in total. The quantitative estimate of drug-likeness (QED) is 0.237. The van der Waals surface area contributed by atoms with Gasteiger partial charge in [-0.15, -0.1) is 24.0 Å². The SMILES string of the molecule is CN=C(NCCOc1ccccc1)NCc1ccc(S(N)(=O)=O)cc1.I.